The summed E-state index contributed by atoms with van der Waals surface area (Å²) in [6.07, 6.45) is 0.982. The smallest absolute Gasteiger partial charge is 0.101 e. The van der Waals surface area contributed by atoms with Crippen molar-refractivity contribution in [3.63, 3.8) is 0 Å². The first kappa shape index (κ1) is 8.67. The average molecular weight is 181 g/mol. The third-order valence-corrected chi connectivity index (χ3v) is 3.43. The van der Waals surface area contributed by atoms with Gasteiger partial charge in [-0.05, 0) is 24.2 Å². The fraction of sp³-hybridized carbons (Fsp3) is 1.00. The molecule has 0 aliphatic heterocycles. The van der Waals surface area contributed by atoms with Gasteiger partial charge in [-0.15, -0.1) is 23.2 Å². The highest BCUT2D eigenvalue weighted by Crippen LogP contribution is 2.58. The standard InChI is InChI=1S/C8H14Cl2/c1-5(2)6(3)7-4-8(7,9)10/h5-7H,4H2,1-3H3/t6-,7-/m1/s1. The van der Waals surface area contributed by atoms with Gasteiger partial charge in [0.2, 0.25) is 0 Å². The molecule has 1 aliphatic rings. The fourth-order valence-corrected chi connectivity index (χ4v) is 2.00. The quantitative estimate of drug-likeness (QED) is 0.572. The fourth-order valence-electron chi connectivity index (χ4n) is 1.27. The number of hydrogen-bond acceptors (Lipinski definition) is 0. The van der Waals surface area contributed by atoms with Crippen LogP contribution in [0.1, 0.15) is 27.2 Å². The first-order chi connectivity index (χ1) is 4.45. The van der Waals surface area contributed by atoms with Crippen LogP contribution in [0.4, 0.5) is 0 Å². The van der Waals surface area contributed by atoms with Crippen molar-refractivity contribution in [2.24, 2.45) is 17.8 Å². The minimum absolute atomic E-state index is 0.385. The summed E-state index contributed by atoms with van der Waals surface area (Å²) in [5, 5.41) is 0. The second-order valence-corrected chi connectivity index (χ2v) is 5.22. The highest BCUT2D eigenvalue weighted by Gasteiger charge is 2.54. The lowest BCUT2D eigenvalue weighted by Gasteiger charge is -2.14. The lowest BCUT2D eigenvalue weighted by Crippen LogP contribution is -2.09. The number of rotatable bonds is 2. The molecule has 0 aromatic heterocycles. The van der Waals surface area contributed by atoms with E-state index >= 15 is 0 Å². The molecule has 0 bridgehead atoms. The number of alkyl halides is 2. The molecule has 0 radical (unpaired) electrons. The molecular weight excluding hydrogens is 167 g/mol. The van der Waals surface area contributed by atoms with Crippen molar-refractivity contribution >= 4 is 23.2 Å². The average Bonchev–Trinajstić information content (AvgIpc) is 2.38. The zero-order chi connectivity index (χ0) is 7.94. The Morgan fingerprint density at radius 2 is 1.70 bits per heavy atom. The van der Waals surface area contributed by atoms with Crippen molar-refractivity contribution in [1.29, 1.82) is 0 Å². The van der Waals surface area contributed by atoms with Crippen LogP contribution in [0.3, 0.4) is 0 Å². The van der Waals surface area contributed by atoms with Gasteiger partial charge in [0, 0.05) is 0 Å². The minimum Gasteiger partial charge on any atom is -0.101 e. The van der Waals surface area contributed by atoms with Gasteiger partial charge in [0.1, 0.15) is 4.33 Å². The van der Waals surface area contributed by atoms with E-state index < -0.39 is 0 Å². The summed E-state index contributed by atoms with van der Waals surface area (Å²) in [5.74, 6) is 1.90. The van der Waals surface area contributed by atoms with Crippen molar-refractivity contribution in [1.82, 2.24) is 0 Å². The molecule has 10 heavy (non-hydrogen) atoms. The van der Waals surface area contributed by atoms with E-state index in [-0.39, 0.29) is 4.33 Å². The lowest BCUT2D eigenvalue weighted by atomic mass is 9.93. The Morgan fingerprint density at radius 3 is 1.80 bits per heavy atom. The van der Waals surface area contributed by atoms with Gasteiger partial charge in [-0.2, -0.15) is 0 Å². The maximum atomic E-state index is 5.91. The van der Waals surface area contributed by atoms with Gasteiger partial charge in [-0.1, -0.05) is 20.8 Å². The Hall–Kier alpha value is 0.580. The van der Waals surface area contributed by atoms with Crippen LogP contribution in [0.2, 0.25) is 0 Å². The molecule has 0 unspecified atom stereocenters. The second kappa shape index (κ2) is 2.57. The SMILES string of the molecule is CC(C)[C@@H](C)[C@H]1CC1(Cl)Cl. The molecule has 1 aliphatic carbocycles. The third kappa shape index (κ3) is 1.60. The number of hydrogen-bond donors (Lipinski definition) is 0. The van der Waals surface area contributed by atoms with Crippen molar-refractivity contribution < 1.29 is 0 Å². The molecular formula is C8H14Cl2. The van der Waals surface area contributed by atoms with Crippen LogP contribution < -0.4 is 0 Å². The van der Waals surface area contributed by atoms with Crippen molar-refractivity contribution in [3.05, 3.63) is 0 Å². The summed E-state index contributed by atoms with van der Waals surface area (Å²) >= 11 is 11.8. The van der Waals surface area contributed by atoms with Gasteiger partial charge in [-0.3, -0.25) is 0 Å². The highest BCUT2D eigenvalue weighted by molar-refractivity contribution is 6.50. The molecule has 0 N–H and O–H groups in total. The summed E-state index contributed by atoms with van der Waals surface area (Å²) in [5.41, 5.74) is 0. The Labute approximate surface area is 72.9 Å². The van der Waals surface area contributed by atoms with Gasteiger partial charge >= 0.3 is 0 Å². The minimum atomic E-state index is -0.385. The van der Waals surface area contributed by atoms with Crippen molar-refractivity contribution in [3.8, 4) is 0 Å². The molecule has 0 saturated heterocycles. The zero-order valence-corrected chi connectivity index (χ0v) is 8.21. The summed E-state index contributed by atoms with van der Waals surface area (Å²) in [6.45, 7) is 6.65. The van der Waals surface area contributed by atoms with Crippen LogP contribution in [0.5, 0.6) is 0 Å². The van der Waals surface area contributed by atoms with Gasteiger partial charge < -0.3 is 0 Å². The molecule has 2 heteroatoms. The predicted molar refractivity (Wildman–Crippen MR) is 46.5 cm³/mol. The lowest BCUT2D eigenvalue weighted by molar-refractivity contribution is 0.370. The Morgan fingerprint density at radius 1 is 1.30 bits per heavy atom. The van der Waals surface area contributed by atoms with Gasteiger partial charge in [-0.25, -0.2) is 0 Å². The van der Waals surface area contributed by atoms with E-state index in [1.54, 1.807) is 0 Å². The molecule has 1 rings (SSSR count). The van der Waals surface area contributed by atoms with Crippen LogP contribution >= 0.6 is 23.2 Å². The molecule has 1 fully saturated rings. The third-order valence-electron chi connectivity index (χ3n) is 2.56. The molecule has 0 amide bonds. The van der Waals surface area contributed by atoms with Gasteiger partial charge in [0.25, 0.3) is 0 Å². The molecule has 1 saturated carbocycles. The van der Waals surface area contributed by atoms with E-state index in [0.717, 1.165) is 6.42 Å². The molecule has 0 aromatic rings. The molecule has 60 valence electrons. The van der Waals surface area contributed by atoms with E-state index in [2.05, 4.69) is 20.8 Å². The topological polar surface area (TPSA) is 0 Å². The molecule has 2 atom stereocenters. The predicted octanol–water partition coefficient (Wildman–Crippen LogP) is 3.47. The summed E-state index contributed by atoms with van der Waals surface area (Å²) in [6, 6.07) is 0. The summed E-state index contributed by atoms with van der Waals surface area (Å²) < 4.78 is -0.385. The maximum Gasteiger partial charge on any atom is 0.121 e. The molecule has 0 spiro atoms. The normalized spacial score (nSPS) is 32.4. The monoisotopic (exact) mass is 180 g/mol. The van der Waals surface area contributed by atoms with Gasteiger partial charge in [0.05, 0.1) is 0 Å². The Kier molecular flexibility index (Phi) is 2.23. The Bertz CT molecular complexity index is 129. The van der Waals surface area contributed by atoms with Crippen LogP contribution in [0.15, 0.2) is 0 Å². The second-order valence-electron chi connectivity index (χ2n) is 3.67. The van der Waals surface area contributed by atoms with Crippen molar-refractivity contribution in [2.75, 3.05) is 0 Å². The Balaban J connectivity index is 2.40. The van der Waals surface area contributed by atoms with Crippen LogP contribution in [-0.4, -0.2) is 4.33 Å². The van der Waals surface area contributed by atoms with Crippen LogP contribution in [-0.2, 0) is 0 Å². The maximum absolute atomic E-state index is 5.91. The zero-order valence-electron chi connectivity index (χ0n) is 6.70. The summed E-state index contributed by atoms with van der Waals surface area (Å²) in [7, 11) is 0. The molecule has 0 nitrogen and oxygen atoms in total. The molecule has 0 aromatic carbocycles. The highest BCUT2D eigenvalue weighted by atomic mass is 35.5. The first-order valence-corrected chi connectivity index (χ1v) is 4.58. The first-order valence-electron chi connectivity index (χ1n) is 3.83. The van der Waals surface area contributed by atoms with Crippen LogP contribution in [0, 0.1) is 17.8 Å². The van der Waals surface area contributed by atoms with E-state index in [1.807, 2.05) is 0 Å². The van der Waals surface area contributed by atoms with E-state index in [1.165, 1.54) is 0 Å². The van der Waals surface area contributed by atoms with E-state index in [4.69, 9.17) is 23.2 Å². The van der Waals surface area contributed by atoms with Crippen LogP contribution in [0.25, 0.3) is 0 Å². The van der Waals surface area contributed by atoms with E-state index in [9.17, 15) is 0 Å². The van der Waals surface area contributed by atoms with Gasteiger partial charge in [0.15, 0.2) is 0 Å². The summed E-state index contributed by atoms with van der Waals surface area (Å²) in [4.78, 5) is 0. The number of halogens is 2. The molecule has 0 heterocycles. The van der Waals surface area contributed by atoms with Crippen molar-refractivity contribution in [2.45, 2.75) is 31.5 Å². The largest absolute Gasteiger partial charge is 0.121 e. The van der Waals surface area contributed by atoms with E-state index in [0.29, 0.717) is 17.8 Å².